The summed E-state index contributed by atoms with van der Waals surface area (Å²) < 4.78 is 12.1. The van der Waals surface area contributed by atoms with Gasteiger partial charge in [-0.2, -0.15) is 0 Å². The Morgan fingerprint density at radius 2 is 1.75 bits per heavy atom. The molecule has 2 aliphatic rings. The van der Waals surface area contributed by atoms with Crippen molar-refractivity contribution in [3.05, 3.63) is 48.0 Å². The van der Waals surface area contributed by atoms with Crippen LogP contribution in [0.25, 0.3) is 0 Å². The molecule has 1 fully saturated rings. The maximum Gasteiger partial charge on any atom is 0.259 e. The van der Waals surface area contributed by atoms with Gasteiger partial charge in [0.05, 0.1) is 5.56 Å². The van der Waals surface area contributed by atoms with Crippen molar-refractivity contribution in [3.8, 4) is 17.2 Å². The molecule has 2 aromatic rings. The number of para-hydroxylation sites is 1. The van der Waals surface area contributed by atoms with Gasteiger partial charge in [0.15, 0.2) is 11.5 Å². The molecule has 5 nitrogen and oxygen atoms in total. The highest BCUT2D eigenvalue weighted by Gasteiger charge is 2.42. The number of ether oxygens (including phenoxy) is 2. The minimum Gasteiger partial charge on any atom is -0.507 e. The fourth-order valence-corrected chi connectivity index (χ4v) is 3.33. The van der Waals surface area contributed by atoms with Gasteiger partial charge in [-0.3, -0.25) is 4.79 Å². The maximum absolute atomic E-state index is 12.3. The van der Waals surface area contributed by atoms with E-state index in [-0.39, 0.29) is 17.2 Å². The van der Waals surface area contributed by atoms with E-state index in [2.05, 4.69) is 5.32 Å². The summed E-state index contributed by atoms with van der Waals surface area (Å²) in [5, 5.41) is 12.6. The molecule has 5 heteroatoms. The molecule has 24 heavy (non-hydrogen) atoms. The number of anilines is 1. The van der Waals surface area contributed by atoms with Gasteiger partial charge in [0, 0.05) is 24.6 Å². The molecule has 0 atom stereocenters. The summed E-state index contributed by atoms with van der Waals surface area (Å²) in [7, 11) is 0. The van der Waals surface area contributed by atoms with E-state index in [1.807, 2.05) is 6.07 Å². The van der Waals surface area contributed by atoms with E-state index in [1.165, 1.54) is 12.5 Å². The second-order valence-corrected chi connectivity index (χ2v) is 6.31. The molecule has 1 spiro atoms. The van der Waals surface area contributed by atoms with Crippen LogP contribution in [0.5, 0.6) is 17.2 Å². The Labute approximate surface area is 140 Å². The van der Waals surface area contributed by atoms with Gasteiger partial charge in [-0.25, -0.2) is 0 Å². The molecule has 124 valence electrons. The van der Waals surface area contributed by atoms with E-state index >= 15 is 0 Å². The standard InChI is InChI=1S/C19H19NO4/c21-15-7-3-2-6-14(15)18(22)20-13-8-9-16-17(12-13)24-19(23-16)10-4-1-5-11-19/h2-3,6-9,12,21H,1,4-5,10-11H2,(H,20,22). The molecular formula is C19H19NO4. The van der Waals surface area contributed by atoms with Gasteiger partial charge < -0.3 is 19.9 Å². The van der Waals surface area contributed by atoms with Crippen LogP contribution in [0.2, 0.25) is 0 Å². The zero-order valence-electron chi connectivity index (χ0n) is 13.2. The van der Waals surface area contributed by atoms with Crippen LogP contribution >= 0.6 is 0 Å². The van der Waals surface area contributed by atoms with Gasteiger partial charge >= 0.3 is 0 Å². The average molecular weight is 325 g/mol. The van der Waals surface area contributed by atoms with Crippen LogP contribution in [-0.4, -0.2) is 16.8 Å². The molecule has 2 aromatic carbocycles. The molecule has 0 saturated heterocycles. The zero-order chi connectivity index (χ0) is 16.6. The van der Waals surface area contributed by atoms with Gasteiger partial charge in [-0.05, 0) is 37.1 Å². The normalized spacial score (nSPS) is 17.7. The van der Waals surface area contributed by atoms with E-state index in [4.69, 9.17) is 9.47 Å². The Bertz CT molecular complexity index is 781. The summed E-state index contributed by atoms with van der Waals surface area (Å²) in [5.41, 5.74) is 0.845. The average Bonchev–Trinajstić information content (AvgIpc) is 2.92. The third-order valence-electron chi connectivity index (χ3n) is 4.56. The molecule has 1 aliphatic heterocycles. The van der Waals surface area contributed by atoms with Crippen LogP contribution in [0, 0.1) is 0 Å². The van der Waals surface area contributed by atoms with Gasteiger partial charge in [-0.15, -0.1) is 0 Å². The molecule has 0 aromatic heterocycles. The Kier molecular flexibility index (Phi) is 3.56. The lowest BCUT2D eigenvalue weighted by atomic mass is 9.94. The van der Waals surface area contributed by atoms with E-state index in [0.717, 1.165) is 31.4 Å². The van der Waals surface area contributed by atoms with E-state index in [0.29, 0.717) is 11.4 Å². The molecule has 0 unspecified atom stereocenters. The predicted molar refractivity (Wildman–Crippen MR) is 89.6 cm³/mol. The van der Waals surface area contributed by atoms with Crippen LogP contribution in [0.3, 0.4) is 0 Å². The van der Waals surface area contributed by atoms with Crippen molar-refractivity contribution in [3.63, 3.8) is 0 Å². The van der Waals surface area contributed by atoms with Crippen LogP contribution in [0.4, 0.5) is 5.69 Å². The molecule has 1 amide bonds. The van der Waals surface area contributed by atoms with Crippen LogP contribution < -0.4 is 14.8 Å². The number of hydrogen-bond acceptors (Lipinski definition) is 4. The number of phenols is 1. The van der Waals surface area contributed by atoms with Gasteiger partial charge in [-0.1, -0.05) is 18.6 Å². The monoisotopic (exact) mass is 325 g/mol. The number of carbonyl (C=O) groups excluding carboxylic acids is 1. The predicted octanol–water partition coefficient (Wildman–Crippen LogP) is 4.08. The maximum atomic E-state index is 12.3. The summed E-state index contributed by atoms with van der Waals surface area (Å²) in [4.78, 5) is 12.3. The molecule has 1 heterocycles. The number of phenolic OH excluding ortho intramolecular Hbond substituents is 1. The Morgan fingerprint density at radius 3 is 2.54 bits per heavy atom. The summed E-state index contributed by atoms with van der Waals surface area (Å²) >= 11 is 0. The van der Waals surface area contributed by atoms with Crippen LogP contribution in [-0.2, 0) is 0 Å². The van der Waals surface area contributed by atoms with E-state index in [9.17, 15) is 9.90 Å². The van der Waals surface area contributed by atoms with Crippen molar-refractivity contribution in [2.24, 2.45) is 0 Å². The number of carbonyl (C=O) groups is 1. The number of fused-ring (bicyclic) bond motifs is 1. The van der Waals surface area contributed by atoms with E-state index in [1.54, 1.807) is 30.3 Å². The number of rotatable bonds is 2. The molecule has 1 saturated carbocycles. The summed E-state index contributed by atoms with van der Waals surface area (Å²) in [6.07, 6.45) is 5.20. The highest BCUT2D eigenvalue weighted by Crippen LogP contribution is 2.46. The van der Waals surface area contributed by atoms with Crippen molar-refractivity contribution in [2.75, 3.05) is 5.32 Å². The third-order valence-corrected chi connectivity index (χ3v) is 4.56. The number of aromatic hydroxyl groups is 1. The quantitative estimate of drug-likeness (QED) is 0.873. The molecule has 0 bridgehead atoms. The molecule has 4 rings (SSSR count). The highest BCUT2D eigenvalue weighted by molar-refractivity contribution is 6.06. The third kappa shape index (κ3) is 2.66. The summed E-state index contributed by atoms with van der Waals surface area (Å²) in [6.45, 7) is 0. The van der Waals surface area contributed by atoms with Crippen LogP contribution in [0.15, 0.2) is 42.5 Å². The minimum atomic E-state index is -0.527. The zero-order valence-corrected chi connectivity index (χ0v) is 13.2. The fourth-order valence-electron chi connectivity index (χ4n) is 3.33. The lowest BCUT2D eigenvalue weighted by Gasteiger charge is -2.31. The van der Waals surface area contributed by atoms with Gasteiger partial charge in [0.25, 0.3) is 11.7 Å². The SMILES string of the molecule is O=C(Nc1ccc2c(c1)OC1(CCCCC1)O2)c1ccccc1O. The van der Waals surface area contributed by atoms with E-state index < -0.39 is 5.79 Å². The topological polar surface area (TPSA) is 67.8 Å². The Hall–Kier alpha value is -2.69. The number of hydrogen-bond donors (Lipinski definition) is 2. The lowest BCUT2D eigenvalue weighted by Crippen LogP contribution is -2.40. The van der Waals surface area contributed by atoms with Crippen molar-refractivity contribution < 1.29 is 19.4 Å². The molecular weight excluding hydrogens is 306 g/mol. The van der Waals surface area contributed by atoms with Crippen molar-refractivity contribution in [2.45, 2.75) is 37.9 Å². The molecule has 1 aliphatic carbocycles. The minimum absolute atomic E-state index is 0.0445. The van der Waals surface area contributed by atoms with Gasteiger partial charge in [0.2, 0.25) is 0 Å². The van der Waals surface area contributed by atoms with Crippen molar-refractivity contribution in [1.29, 1.82) is 0 Å². The largest absolute Gasteiger partial charge is 0.507 e. The number of benzene rings is 2. The van der Waals surface area contributed by atoms with Crippen LogP contribution in [0.1, 0.15) is 42.5 Å². The molecule has 2 N–H and O–H groups in total. The fraction of sp³-hybridized carbons (Fsp3) is 0.316. The first-order valence-corrected chi connectivity index (χ1v) is 8.27. The smallest absolute Gasteiger partial charge is 0.259 e. The summed E-state index contributed by atoms with van der Waals surface area (Å²) in [5.74, 6) is 0.446. The first kappa shape index (κ1) is 14.9. The first-order valence-electron chi connectivity index (χ1n) is 8.27. The van der Waals surface area contributed by atoms with Crippen molar-refractivity contribution >= 4 is 11.6 Å². The second kappa shape index (κ2) is 5.74. The van der Waals surface area contributed by atoms with Crippen molar-refractivity contribution in [1.82, 2.24) is 0 Å². The Morgan fingerprint density at radius 1 is 1.00 bits per heavy atom. The molecule has 0 radical (unpaired) electrons. The Balaban J connectivity index is 1.52. The summed E-state index contributed by atoms with van der Waals surface area (Å²) in [6, 6.07) is 11.8. The lowest BCUT2D eigenvalue weighted by molar-refractivity contribution is -0.105. The first-order chi connectivity index (χ1) is 11.7. The van der Waals surface area contributed by atoms with Gasteiger partial charge in [0.1, 0.15) is 5.75 Å². The second-order valence-electron chi connectivity index (χ2n) is 6.31. The number of nitrogens with one attached hydrogen (secondary N) is 1. The number of amides is 1. The highest BCUT2D eigenvalue weighted by atomic mass is 16.7.